The number of carbonyl (C=O) groups is 2. The van der Waals surface area contributed by atoms with E-state index >= 15 is 0 Å². The second-order valence-electron chi connectivity index (χ2n) is 4.93. The van der Waals surface area contributed by atoms with Crippen molar-refractivity contribution < 1.29 is 9.59 Å². The molecule has 2 rings (SSSR count). The molecule has 1 unspecified atom stereocenters. The molecule has 0 aromatic heterocycles. The number of hydrazine groups is 1. The molecule has 0 saturated carbocycles. The normalized spacial score (nSPS) is 18.7. The Morgan fingerprint density at radius 1 is 1.32 bits per heavy atom. The summed E-state index contributed by atoms with van der Waals surface area (Å²) in [6, 6.07) is 9.62. The Morgan fingerprint density at radius 3 is 2.58 bits per heavy atom. The molecule has 1 aliphatic rings. The van der Waals surface area contributed by atoms with Crippen LogP contribution in [0.2, 0.25) is 0 Å². The smallest absolute Gasteiger partial charge is 0.249 e. The molecule has 4 nitrogen and oxygen atoms in total. The van der Waals surface area contributed by atoms with Crippen LogP contribution in [-0.4, -0.2) is 18.2 Å². The van der Waals surface area contributed by atoms with Crippen LogP contribution in [0.15, 0.2) is 42.0 Å². The first kappa shape index (κ1) is 13.3. The number of anilines is 1. The van der Waals surface area contributed by atoms with Crippen LogP contribution < -0.4 is 10.4 Å². The Labute approximate surface area is 113 Å². The van der Waals surface area contributed by atoms with Crippen LogP contribution >= 0.6 is 0 Å². The van der Waals surface area contributed by atoms with Gasteiger partial charge >= 0.3 is 0 Å². The fraction of sp³-hybridized carbons (Fsp3) is 0.333. The molecule has 1 saturated heterocycles. The Bertz CT molecular complexity index is 504. The molecule has 1 atom stereocenters. The van der Waals surface area contributed by atoms with Gasteiger partial charge in [0.15, 0.2) is 5.78 Å². The van der Waals surface area contributed by atoms with Gasteiger partial charge < -0.3 is 0 Å². The lowest BCUT2D eigenvalue weighted by Crippen LogP contribution is -2.52. The lowest BCUT2D eigenvalue weighted by Gasteiger charge is -2.32. The Balaban J connectivity index is 2.05. The number of carbonyl (C=O) groups excluding carboxylic acids is 2. The van der Waals surface area contributed by atoms with E-state index < -0.39 is 5.92 Å². The third-order valence-corrected chi connectivity index (χ3v) is 3.05. The summed E-state index contributed by atoms with van der Waals surface area (Å²) < 4.78 is 0. The van der Waals surface area contributed by atoms with Crippen molar-refractivity contribution in [3.05, 3.63) is 42.0 Å². The SMILES string of the molecule is CC(C)=CC(=O)C1CCN(c2ccccc2)NC1=O. The van der Waals surface area contributed by atoms with Gasteiger partial charge in [-0.25, -0.2) is 0 Å². The molecule has 1 heterocycles. The highest BCUT2D eigenvalue weighted by Crippen LogP contribution is 2.19. The number of amides is 1. The summed E-state index contributed by atoms with van der Waals surface area (Å²) in [5, 5.41) is 1.79. The number of nitrogens with zero attached hydrogens (tertiary/aromatic N) is 1. The van der Waals surface area contributed by atoms with Gasteiger partial charge in [-0.05, 0) is 38.5 Å². The highest BCUT2D eigenvalue weighted by molar-refractivity contribution is 6.07. The Morgan fingerprint density at radius 2 is 2.00 bits per heavy atom. The van der Waals surface area contributed by atoms with Gasteiger partial charge in [0.25, 0.3) is 0 Å². The average Bonchev–Trinajstić information content (AvgIpc) is 2.38. The van der Waals surface area contributed by atoms with Crippen LogP contribution in [-0.2, 0) is 9.59 Å². The first-order chi connectivity index (χ1) is 9.08. The van der Waals surface area contributed by atoms with Gasteiger partial charge in [-0.1, -0.05) is 23.8 Å². The van der Waals surface area contributed by atoms with Crippen LogP contribution in [0.25, 0.3) is 0 Å². The molecule has 1 fully saturated rings. The summed E-state index contributed by atoms with van der Waals surface area (Å²) in [5.41, 5.74) is 4.64. The predicted octanol–water partition coefficient (Wildman–Crippen LogP) is 2.08. The molecule has 1 amide bonds. The Hall–Kier alpha value is -2.10. The van der Waals surface area contributed by atoms with Crippen LogP contribution in [0.3, 0.4) is 0 Å². The first-order valence-electron chi connectivity index (χ1n) is 6.40. The summed E-state index contributed by atoms with van der Waals surface area (Å²) in [6.45, 7) is 4.35. The fourth-order valence-electron chi connectivity index (χ4n) is 2.11. The van der Waals surface area contributed by atoms with E-state index in [-0.39, 0.29) is 11.7 Å². The minimum absolute atomic E-state index is 0.106. The third-order valence-electron chi connectivity index (χ3n) is 3.05. The molecule has 0 radical (unpaired) electrons. The van der Waals surface area contributed by atoms with Gasteiger partial charge in [0.1, 0.15) is 5.92 Å². The van der Waals surface area contributed by atoms with Crippen LogP contribution in [0, 0.1) is 5.92 Å². The third kappa shape index (κ3) is 3.22. The van der Waals surface area contributed by atoms with Gasteiger partial charge in [0, 0.05) is 6.54 Å². The second-order valence-corrected chi connectivity index (χ2v) is 4.93. The largest absolute Gasteiger partial charge is 0.294 e. The molecule has 19 heavy (non-hydrogen) atoms. The number of ketones is 1. The zero-order chi connectivity index (χ0) is 13.8. The average molecular weight is 258 g/mol. The molecule has 0 aliphatic carbocycles. The van der Waals surface area contributed by atoms with Gasteiger partial charge in [-0.3, -0.25) is 20.0 Å². The van der Waals surface area contributed by atoms with Gasteiger partial charge in [-0.2, -0.15) is 0 Å². The molecular formula is C15H18N2O2. The summed E-state index contributed by atoms with van der Waals surface area (Å²) in [5.74, 6) is -0.891. The van der Waals surface area contributed by atoms with E-state index in [2.05, 4.69) is 5.43 Å². The topological polar surface area (TPSA) is 49.4 Å². The summed E-state index contributed by atoms with van der Waals surface area (Å²) in [7, 11) is 0. The molecule has 100 valence electrons. The quantitative estimate of drug-likeness (QED) is 0.667. The highest BCUT2D eigenvalue weighted by Gasteiger charge is 2.31. The number of para-hydroxylation sites is 1. The van der Waals surface area contributed by atoms with Crippen LogP contribution in [0.4, 0.5) is 5.69 Å². The van der Waals surface area contributed by atoms with E-state index in [1.165, 1.54) is 0 Å². The van der Waals surface area contributed by atoms with Gasteiger partial charge in [0.2, 0.25) is 5.91 Å². The maximum atomic E-state index is 12.0. The predicted molar refractivity (Wildman–Crippen MR) is 74.5 cm³/mol. The van der Waals surface area contributed by atoms with Gasteiger partial charge in [0.05, 0.1) is 5.69 Å². The molecule has 1 aromatic rings. The molecule has 1 aromatic carbocycles. The standard InChI is InChI=1S/C15H18N2O2/c1-11(2)10-14(18)13-8-9-17(16-15(13)19)12-6-4-3-5-7-12/h3-7,10,13H,8-9H2,1-2H3,(H,16,19). The number of rotatable bonds is 3. The van der Waals surface area contributed by atoms with E-state index in [4.69, 9.17) is 0 Å². The molecule has 0 bridgehead atoms. The summed E-state index contributed by atoms with van der Waals surface area (Å²) in [4.78, 5) is 23.9. The van der Waals surface area contributed by atoms with Crippen molar-refractivity contribution in [1.29, 1.82) is 0 Å². The van der Waals surface area contributed by atoms with Crippen molar-refractivity contribution in [2.45, 2.75) is 20.3 Å². The molecular weight excluding hydrogens is 240 g/mol. The fourth-order valence-corrected chi connectivity index (χ4v) is 2.11. The van der Waals surface area contributed by atoms with Crippen molar-refractivity contribution in [2.75, 3.05) is 11.6 Å². The maximum absolute atomic E-state index is 12.0. The van der Waals surface area contributed by atoms with Crippen molar-refractivity contribution in [2.24, 2.45) is 5.92 Å². The summed E-state index contributed by atoms with van der Waals surface area (Å²) in [6.07, 6.45) is 2.09. The highest BCUT2D eigenvalue weighted by atomic mass is 16.2. The van der Waals surface area contributed by atoms with Crippen molar-refractivity contribution >= 4 is 17.4 Å². The Kier molecular flexibility index (Phi) is 4.00. The summed E-state index contributed by atoms with van der Waals surface area (Å²) >= 11 is 0. The number of hydrogen-bond donors (Lipinski definition) is 1. The number of hydrogen-bond acceptors (Lipinski definition) is 3. The molecule has 0 spiro atoms. The molecule has 1 aliphatic heterocycles. The zero-order valence-electron chi connectivity index (χ0n) is 11.2. The molecule has 4 heteroatoms. The van der Waals surface area contributed by atoms with Crippen molar-refractivity contribution in [3.63, 3.8) is 0 Å². The number of allylic oxidation sites excluding steroid dienone is 2. The van der Waals surface area contributed by atoms with Gasteiger partial charge in [-0.15, -0.1) is 0 Å². The van der Waals surface area contributed by atoms with Crippen LogP contribution in [0.5, 0.6) is 0 Å². The van der Waals surface area contributed by atoms with E-state index in [1.807, 2.05) is 44.2 Å². The monoisotopic (exact) mass is 258 g/mol. The molecule has 1 N–H and O–H groups in total. The van der Waals surface area contributed by atoms with Crippen molar-refractivity contribution in [3.8, 4) is 0 Å². The second kappa shape index (κ2) is 5.69. The maximum Gasteiger partial charge on any atom is 0.249 e. The van der Waals surface area contributed by atoms with E-state index in [9.17, 15) is 9.59 Å². The van der Waals surface area contributed by atoms with E-state index in [0.29, 0.717) is 13.0 Å². The lowest BCUT2D eigenvalue weighted by molar-refractivity contribution is -0.133. The van der Waals surface area contributed by atoms with Crippen LogP contribution in [0.1, 0.15) is 20.3 Å². The minimum atomic E-state index is -0.560. The first-order valence-corrected chi connectivity index (χ1v) is 6.40. The lowest BCUT2D eigenvalue weighted by atomic mass is 9.96. The van der Waals surface area contributed by atoms with Crippen molar-refractivity contribution in [1.82, 2.24) is 5.43 Å². The number of benzene rings is 1. The minimum Gasteiger partial charge on any atom is -0.294 e. The van der Waals surface area contributed by atoms with E-state index in [0.717, 1.165) is 11.3 Å². The number of nitrogens with one attached hydrogen (secondary N) is 1. The van der Waals surface area contributed by atoms with E-state index in [1.54, 1.807) is 11.1 Å². The zero-order valence-corrected chi connectivity index (χ0v) is 11.2.